The van der Waals surface area contributed by atoms with Crippen molar-refractivity contribution in [1.82, 2.24) is 0 Å². The number of hydrogen-bond donors (Lipinski definition) is 1. The number of fused-ring (bicyclic) bond motifs is 1. The minimum atomic E-state index is -0.113. The van der Waals surface area contributed by atoms with Gasteiger partial charge in [0.15, 0.2) is 6.61 Å². The number of carbonyl (C=O) groups excluding carboxylic acids is 2. The van der Waals surface area contributed by atoms with E-state index in [-0.39, 0.29) is 18.4 Å². The van der Waals surface area contributed by atoms with Crippen LogP contribution >= 0.6 is 0 Å². The Hall–Kier alpha value is -3.02. The van der Waals surface area contributed by atoms with Crippen LogP contribution in [-0.4, -0.2) is 31.6 Å². The summed E-state index contributed by atoms with van der Waals surface area (Å²) in [5.74, 6) is 1.21. The van der Waals surface area contributed by atoms with Gasteiger partial charge in [0.05, 0.1) is 12.2 Å². The lowest BCUT2D eigenvalue weighted by Crippen LogP contribution is -2.41. The first kappa shape index (κ1) is 18.8. The van der Waals surface area contributed by atoms with Crippen LogP contribution in [0.3, 0.4) is 0 Å². The Balaban J connectivity index is 1.65. The SMILES string of the molecule is CCCC(=O)Nc1ccc2c(c1)OCC(=O)N2CCOc1ccc(C)cc1. The zero-order valence-electron chi connectivity index (χ0n) is 15.7. The maximum absolute atomic E-state index is 12.3. The molecule has 0 radical (unpaired) electrons. The van der Waals surface area contributed by atoms with Crippen molar-refractivity contribution in [3.05, 3.63) is 48.0 Å². The lowest BCUT2D eigenvalue weighted by Gasteiger charge is -2.29. The Morgan fingerprint density at radius 3 is 2.74 bits per heavy atom. The topological polar surface area (TPSA) is 67.9 Å². The highest BCUT2D eigenvalue weighted by molar-refractivity contribution is 5.99. The molecule has 2 amide bonds. The molecule has 0 saturated heterocycles. The van der Waals surface area contributed by atoms with Gasteiger partial charge < -0.3 is 19.7 Å². The van der Waals surface area contributed by atoms with Gasteiger partial charge in [-0.3, -0.25) is 9.59 Å². The number of nitrogens with zero attached hydrogens (tertiary/aromatic N) is 1. The van der Waals surface area contributed by atoms with Crippen molar-refractivity contribution in [3.8, 4) is 11.5 Å². The first-order chi connectivity index (χ1) is 13.1. The van der Waals surface area contributed by atoms with E-state index < -0.39 is 0 Å². The molecule has 6 heteroatoms. The van der Waals surface area contributed by atoms with Gasteiger partial charge in [-0.2, -0.15) is 0 Å². The second kappa shape index (κ2) is 8.58. The number of carbonyl (C=O) groups is 2. The molecule has 0 atom stereocenters. The molecule has 2 aromatic rings. The predicted molar refractivity (Wildman–Crippen MR) is 105 cm³/mol. The molecule has 142 valence electrons. The summed E-state index contributed by atoms with van der Waals surface area (Å²) in [5.41, 5.74) is 2.52. The van der Waals surface area contributed by atoms with Gasteiger partial charge in [0.1, 0.15) is 18.1 Å². The van der Waals surface area contributed by atoms with E-state index in [2.05, 4.69) is 5.32 Å². The summed E-state index contributed by atoms with van der Waals surface area (Å²) in [7, 11) is 0. The van der Waals surface area contributed by atoms with Crippen LogP contribution in [0.4, 0.5) is 11.4 Å². The largest absolute Gasteiger partial charge is 0.492 e. The zero-order chi connectivity index (χ0) is 19.2. The molecule has 1 aliphatic heterocycles. The lowest BCUT2D eigenvalue weighted by molar-refractivity contribution is -0.121. The van der Waals surface area contributed by atoms with Gasteiger partial charge in [0.25, 0.3) is 5.91 Å². The maximum Gasteiger partial charge on any atom is 0.265 e. The summed E-state index contributed by atoms with van der Waals surface area (Å²) in [6, 6.07) is 13.1. The fourth-order valence-electron chi connectivity index (χ4n) is 2.87. The van der Waals surface area contributed by atoms with E-state index in [1.807, 2.05) is 38.1 Å². The van der Waals surface area contributed by atoms with E-state index in [0.29, 0.717) is 36.7 Å². The molecule has 1 aliphatic rings. The molecule has 0 aliphatic carbocycles. The normalized spacial score (nSPS) is 13.0. The van der Waals surface area contributed by atoms with Gasteiger partial charge in [0.2, 0.25) is 5.91 Å². The number of anilines is 2. The summed E-state index contributed by atoms with van der Waals surface area (Å²) in [4.78, 5) is 25.7. The summed E-state index contributed by atoms with van der Waals surface area (Å²) in [5, 5.41) is 2.84. The van der Waals surface area contributed by atoms with Crippen molar-refractivity contribution >= 4 is 23.2 Å². The average molecular weight is 368 g/mol. The zero-order valence-corrected chi connectivity index (χ0v) is 15.7. The first-order valence-electron chi connectivity index (χ1n) is 9.13. The molecular formula is C21H24N2O4. The fourth-order valence-corrected chi connectivity index (χ4v) is 2.87. The van der Waals surface area contributed by atoms with Crippen molar-refractivity contribution < 1.29 is 19.1 Å². The van der Waals surface area contributed by atoms with Crippen molar-refractivity contribution in [1.29, 1.82) is 0 Å². The molecule has 1 N–H and O–H groups in total. The summed E-state index contributed by atoms with van der Waals surface area (Å²) in [6.07, 6.45) is 1.26. The highest BCUT2D eigenvalue weighted by Crippen LogP contribution is 2.34. The quantitative estimate of drug-likeness (QED) is 0.812. The Bertz CT molecular complexity index is 817. The van der Waals surface area contributed by atoms with Crippen LogP contribution in [0.5, 0.6) is 11.5 Å². The second-order valence-electron chi connectivity index (χ2n) is 6.48. The molecule has 0 aromatic heterocycles. The monoisotopic (exact) mass is 368 g/mol. The third kappa shape index (κ3) is 4.78. The van der Waals surface area contributed by atoms with E-state index in [0.717, 1.165) is 12.2 Å². The van der Waals surface area contributed by atoms with Gasteiger partial charge in [-0.05, 0) is 37.6 Å². The summed E-state index contributed by atoms with van der Waals surface area (Å²) in [6.45, 7) is 4.75. The van der Waals surface area contributed by atoms with E-state index in [4.69, 9.17) is 9.47 Å². The standard InChI is InChI=1S/C21H24N2O4/c1-3-4-20(24)22-16-7-10-18-19(13-16)27-14-21(25)23(18)11-12-26-17-8-5-15(2)6-9-17/h5-10,13H,3-4,11-12,14H2,1-2H3,(H,22,24). The molecule has 3 rings (SSSR count). The van der Waals surface area contributed by atoms with Crippen LogP contribution in [-0.2, 0) is 9.59 Å². The van der Waals surface area contributed by atoms with Gasteiger partial charge in [-0.15, -0.1) is 0 Å². The van der Waals surface area contributed by atoms with Gasteiger partial charge in [-0.1, -0.05) is 24.6 Å². The van der Waals surface area contributed by atoms with E-state index >= 15 is 0 Å². The number of ether oxygens (including phenoxy) is 2. The van der Waals surface area contributed by atoms with Crippen LogP contribution < -0.4 is 19.7 Å². The third-order valence-corrected chi connectivity index (χ3v) is 4.27. The molecule has 0 fully saturated rings. The minimum absolute atomic E-state index is 0.0239. The van der Waals surface area contributed by atoms with Crippen molar-refractivity contribution in [2.45, 2.75) is 26.7 Å². The van der Waals surface area contributed by atoms with Crippen LogP contribution in [0.1, 0.15) is 25.3 Å². The van der Waals surface area contributed by atoms with E-state index in [1.54, 1.807) is 23.1 Å². The number of aryl methyl sites for hydroxylation is 1. The molecule has 2 aromatic carbocycles. The molecule has 27 heavy (non-hydrogen) atoms. The Kier molecular flexibility index (Phi) is 5.96. The number of amides is 2. The van der Waals surface area contributed by atoms with Crippen LogP contribution in [0, 0.1) is 6.92 Å². The Morgan fingerprint density at radius 1 is 1.22 bits per heavy atom. The van der Waals surface area contributed by atoms with Gasteiger partial charge in [-0.25, -0.2) is 0 Å². The minimum Gasteiger partial charge on any atom is -0.492 e. The number of rotatable bonds is 7. The molecule has 0 bridgehead atoms. The predicted octanol–water partition coefficient (Wildman–Crippen LogP) is 3.54. The van der Waals surface area contributed by atoms with Crippen molar-refractivity contribution in [3.63, 3.8) is 0 Å². The smallest absolute Gasteiger partial charge is 0.265 e. The van der Waals surface area contributed by atoms with Crippen LogP contribution in [0.25, 0.3) is 0 Å². The van der Waals surface area contributed by atoms with Crippen molar-refractivity contribution in [2.24, 2.45) is 0 Å². The van der Waals surface area contributed by atoms with Crippen LogP contribution in [0.15, 0.2) is 42.5 Å². The van der Waals surface area contributed by atoms with E-state index in [1.165, 1.54) is 5.56 Å². The van der Waals surface area contributed by atoms with Gasteiger partial charge in [0, 0.05) is 18.2 Å². The Labute approximate surface area is 159 Å². The third-order valence-electron chi connectivity index (χ3n) is 4.27. The highest BCUT2D eigenvalue weighted by atomic mass is 16.5. The average Bonchev–Trinajstić information content (AvgIpc) is 2.65. The number of nitrogens with one attached hydrogen (secondary N) is 1. The van der Waals surface area contributed by atoms with E-state index in [9.17, 15) is 9.59 Å². The number of benzene rings is 2. The molecule has 0 spiro atoms. The van der Waals surface area contributed by atoms with Gasteiger partial charge >= 0.3 is 0 Å². The molecule has 0 saturated carbocycles. The first-order valence-corrected chi connectivity index (χ1v) is 9.13. The lowest BCUT2D eigenvalue weighted by atomic mass is 10.2. The molecule has 0 unspecified atom stereocenters. The fraction of sp³-hybridized carbons (Fsp3) is 0.333. The summed E-state index contributed by atoms with van der Waals surface area (Å²) < 4.78 is 11.3. The maximum atomic E-state index is 12.3. The molecule has 6 nitrogen and oxygen atoms in total. The molecular weight excluding hydrogens is 344 g/mol. The Morgan fingerprint density at radius 2 is 2.00 bits per heavy atom. The van der Waals surface area contributed by atoms with Crippen LogP contribution in [0.2, 0.25) is 0 Å². The molecule has 1 heterocycles. The number of hydrogen-bond acceptors (Lipinski definition) is 4. The van der Waals surface area contributed by atoms with Crippen molar-refractivity contribution in [2.75, 3.05) is 30.0 Å². The second-order valence-corrected chi connectivity index (χ2v) is 6.48. The highest BCUT2D eigenvalue weighted by Gasteiger charge is 2.25. The summed E-state index contributed by atoms with van der Waals surface area (Å²) >= 11 is 0.